The molecule has 1 aliphatic heterocycles. The van der Waals surface area contributed by atoms with Gasteiger partial charge < -0.3 is 14.7 Å². The first-order valence-electron chi connectivity index (χ1n) is 13.1. The number of carbonyl (C=O) groups excluding carboxylic acids is 2. The van der Waals surface area contributed by atoms with Crippen LogP contribution in [-0.2, 0) is 11.2 Å². The van der Waals surface area contributed by atoms with E-state index in [1.807, 2.05) is 35.2 Å². The third-order valence-corrected chi connectivity index (χ3v) is 7.45. The molecule has 1 N–H and O–H groups in total. The number of nitrogens with one attached hydrogen (secondary N) is 1. The van der Waals surface area contributed by atoms with Gasteiger partial charge in [-0.05, 0) is 55.5 Å². The molecule has 1 saturated heterocycles. The summed E-state index contributed by atoms with van der Waals surface area (Å²) >= 11 is 0. The molecule has 5 rings (SSSR count). The normalized spacial score (nSPS) is 22.4. The maximum Gasteiger partial charge on any atom is 0.254 e. The van der Waals surface area contributed by atoms with Crippen LogP contribution < -0.4 is 5.32 Å². The van der Waals surface area contributed by atoms with Crippen molar-refractivity contribution in [2.45, 2.75) is 56.9 Å². The summed E-state index contributed by atoms with van der Waals surface area (Å²) < 4.78 is 5.67. The van der Waals surface area contributed by atoms with E-state index in [1.54, 1.807) is 24.3 Å². The molecule has 8 heteroatoms. The first kappa shape index (κ1) is 24.7. The van der Waals surface area contributed by atoms with Gasteiger partial charge in [-0.1, -0.05) is 48.3 Å². The zero-order valence-corrected chi connectivity index (χ0v) is 20.8. The molecule has 190 valence electrons. The summed E-state index contributed by atoms with van der Waals surface area (Å²) in [7, 11) is 0. The van der Waals surface area contributed by atoms with Gasteiger partial charge in [-0.25, -0.2) is 0 Å². The van der Waals surface area contributed by atoms with Crippen molar-refractivity contribution in [3.05, 3.63) is 83.0 Å². The number of benzene rings is 2. The van der Waals surface area contributed by atoms with Crippen LogP contribution in [0.4, 0.5) is 0 Å². The Morgan fingerprint density at radius 1 is 1.05 bits per heavy atom. The van der Waals surface area contributed by atoms with E-state index >= 15 is 0 Å². The number of nitriles is 1. The van der Waals surface area contributed by atoms with E-state index in [9.17, 15) is 9.59 Å². The molecule has 1 saturated carbocycles. The van der Waals surface area contributed by atoms with Gasteiger partial charge in [-0.15, -0.1) is 0 Å². The van der Waals surface area contributed by atoms with Crippen LogP contribution in [0.15, 0.2) is 59.1 Å². The number of carbonyl (C=O) groups is 2. The minimum atomic E-state index is -0.352. The fourth-order valence-electron chi connectivity index (χ4n) is 5.50. The van der Waals surface area contributed by atoms with Gasteiger partial charge in [0.15, 0.2) is 5.82 Å². The second-order valence-corrected chi connectivity index (χ2v) is 9.95. The van der Waals surface area contributed by atoms with Crippen molar-refractivity contribution in [2.75, 3.05) is 13.1 Å². The smallest absolute Gasteiger partial charge is 0.254 e. The molecule has 37 heavy (non-hydrogen) atoms. The van der Waals surface area contributed by atoms with Gasteiger partial charge in [-0.3, -0.25) is 9.59 Å². The Morgan fingerprint density at radius 2 is 1.84 bits per heavy atom. The number of aromatic nitrogens is 2. The van der Waals surface area contributed by atoms with Crippen molar-refractivity contribution >= 4 is 11.8 Å². The maximum atomic E-state index is 13.7. The Bertz CT molecular complexity index is 1260. The lowest BCUT2D eigenvalue weighted by atomic mass is 9.99. The number of hydrogen-bond acceptors (Lipinski definition) is 6. The summed E-state index contributed by atoms with van der Waals surface area (Å²) in [6, 6.07) is 18.5. The molecule has 3 unspecified atom stereocenters. The van der Waals surface area contributed by atoms with Crippen LogP contribution in [0.25, 0.3) is 0 Å². The summed E-state index contributed by atoms with van der Waals surface area (Å²) in [5.74, 6) is 0.570. The topological polar surface area (TPSA) is 112 Å². The second kappa shape index (κ2) is 11.4. The van der Waals surface area contributed by atoms with Crippen LogP contribution >= 0.6 is 0 Å². The van der Waals surface area contributed by atoms with E-state index in [1.165, 1.54) is 0 Å². The van der Waals surface area contributed by atoms with Crippen molar-refractivity contribution in [1.82, 2.24) is 20.4 Å². The van der Waals surface area contributed by atoms with E-state index in [0.29, 0.717) is 55.2 Å². The number of amides is 2. The highest BCUT2D eigenvalue weighted by molar-refractivity contribution is 5.95. The van der Waals surface area contributed by atoms with Gasteiger partial charge in [0.1, 0.15) is 0 Å². The summed E-state index contributed by atoms with van der Waals surface area (Å²) in [4.78, 5) is 33.5. The molecule has 8 nitrogen and oxygen atoms in total. The van der Waals surface area contributed by atoms with Gasteiger partial charge in [0.05, 0.1) is 17.6 Å². The average molecular weight is 498 g/mol. The predicted octanol–water partition coefficient (Wildman–Crippen LogP) is 4.23. The largest absolute Gasteiger partial charge is 0.356 e. The fraction of sp³-hybridized carbons (Fsp3) is 0.414. The number of nitrogens with zero attached hydrogens (tertiary/aromatic N) is 4. The fourth-order valence-corrected chi connectivity index (χ4v) is 5.50. The highest BCUT2D eigenvalue weighted by Crippen LogP contribution is 2.41. The highest BCUT2D eigenvalue weighted by Gasteiger charge is 2.45. The zero-order valence-electron chi connectivity index (χ0n) is 20.8. The maximum absolute atomic E-state index is 13.7. The quantitative estimate of drug-likeness (QED) is 0.577. The minimum Gasteiger partial charge on any atom is -0.356 e. The van der Waals surface area contributed by atoms with Gasteiger partial charge >= 0.3 is 0 Å². The van der Waals surface area contributed by atoms with Gasteiger partial charge in [-0.2, -0.15) is 10.2 Å². The molecular formula is C29H31N5O3. The Balaban J connectivity index is 1.40. The number of hydrogen-bond donors (Lipinski definition) is 1. The summed E-state index contributed by atoms with van der Waals surface area (Å²) in [6.07, 6.45) is 5.56. The lowest BCUT2D eigenvalue weighted by Gasteiger charge is -2.32. The van der Waals surface area contributed by atoms with Crippen LogP contribution in [0.1, 0.15) is 77.6 Å². The molecule has 0 bridgehead atoms. The SMILES string of the molecule is N#Cc1ccc(C(=O)N2CCCCCCNC(=O)C3CC(c4nc(Cc5ccccc5)no4)CC32)cc1. The van der Waals surface area contributed by atoms with Crippen molar-refractivity contribution in [3.8, 4) is 6.07 Å². The van der Waals surface area contributed by atoms with E-state index < -0.39 is 0 Å². The summed E-state index contributed by atoms with van der Waals surface area (Å²) in [5.41, 5.74) is 2.14. The monoisotopic (exact) mass is 497 g/mol. The lowest BCUT2D eigenvalue weighted by Crippen LogP contribution is -2.47. The average Bonchev–Trinajstić information content (AvgIpc) is 3.57. The van der Waals surface area contributed by atoms with E-state index in [-0.39, 0.29) is 29.7 Å². The standard InChI is InChI=1S/C29H31N5O3/c30-19-21-10-12-22(13-11-21)29(36)34-15-7-2-1-6-14-31-27(35)24-17-23(18-25(24)34)28-32-26(33-37-28)16-20-8-4-3-5-9-20/h3-5,8-13,23-25H,1-2,6-7,14-18H2,(H,31,35). The van der Waals surface area contributed by atoms with Crippen LogP contribution in [0.5, 0.6) is 0 Å². The van der Waals surface area contributed by atoms with Crippen LogP contribution in [0.3, 0.4) is 0 Å². The van der Waals surface area contributed by atoms with E-state index in [4.69, 9.17) is 9.78 Å². The van der Waals surface area contributed by atoms with E-state index in [0.717, 1.165) is 31.2 Å². The predicted molar refractivity (Wildman–Crippen MR) is 136 cm³/mol. The Kier molecular flexibility index (Phi) is 7.59. The molecule has 0 radical (unpaired) electrons. The van der Waals surface area contributed by atoms with Crippen molar-refractivity contribution in [3.63, 3.8) is 0 Å². The van der Waals surface area contributed by atoms with Gasteiger partial charge in [0.2, 0.25) is 11.8 Å². The second-order valence-electron chi connectivity index (χ2n) is 9.95. The van der Waals surface area contributed by atoms with Crippen LogP contribution in [0.2, 0.25) is 0 Å². The number of rotatable bonds is 4. The summed E-state index contributed by atoms with van der Waals surface area (Å²) in [5, 5.41) is 16.4. The van der Waals surface area contributed by atoms with Gasteiger partial charge in [0.25, 0.3) is 5.91 Å². The van der Waals surface area contributed by atoms with Crippen LogP contribution in [0, 0.1) is 17.2 Å². The van der Waals surface area contributed by atoms with Crippen molar-refractivity contribution in [2.24, 2.45) is 5.92 Å². The highest BCUT2D eigenvalue weighted by atomic mass is 16.5. The summed E-state index contributed by atoms with van der Waals surface area (Å²) in [6.45, 7) is 1.24. The number of fused-ring (bicyclic) bond motifs is 1. The molecule has 2 aromatic carbocycles. The van der Waals surface area contributed by atoms with Crippen LogP contribution in [-0.4, -0.2) is 46.0 Å². The first-order valence-corrected chi connectivity index (χ1v) is 13.1. The lowest BCUT2D eigenvalue weighted by molar-refractivity contribution is -0.126. The molecule has 3 atom stereocenters. The molecule has 0 spiro atoms. The van der Waals surface area contributed by atoms with Crippen molar-refractivity contribution in [1.29, 1.82) is 5.26 Å². The Hall–Kier alpha value is -3.99. The Morgan fingerprint density at radius 3 is 2.62 bits per heavy atom. The molecule has 2 fully saturated rings. The molecule has 2 heterocycles. The minimum absolute atomic E-state index is 0.0175. The molecule has 1 aromatic heterocycles. The molecule has 2 amide bonds. The zero-order chi connectivity index (χ0) is 25.6. The third kappa shape index (κ3) is 5.72. The Labute approximate surface area is 216 Å². The van der Waals surface area contributed by atoms with Crippen molar-refractivity contribution < 1.29 is 14.1 Å². The third-order valence-electron chi connectivity index (χ3n) is 7.45. The first-order chi connectivity index (χ1) is 18.1. The molecular weight excluding hydrogens is 466 g/mol. The molecule has 2 aliphatic rings. The molecule has 3 aromatic rings. The van der Waals surface area contributed by atoms with Gasteiger partial charge in [0, 0.05) is 37.0 Å². The molecule has 1 aliphatic carbocycles. The van der Waals surface area contributed by atoms with E-state index in [2.05, 4.69) is 21.5 Å².